The van der Waals surface area contributed by atoms with Gasteiger partial charge in [0.15, 0.2) is 11.5 Å². The minimum atomic E-state index is -0.830. The Kier molecular flexibility index (Phi) is 4.74. The zero-order valence-electron chi connectivity index (χ0n) is 14.5. The molecule has 1 aromatic carbocycles. The monoisotopic (exact) mass is 343 g/mol. The van der Waals surface area contributed by atoms with Crippen LogP contribution in [0.1, 0.15) is 17.3 Å². The number of nitrogens with zero attached hydrogens (tertiary/aromatic N) is 3. The number of para-hydroxylation sites is 1. The zero-order chi connectivity index (χ0) is 18.0. The van der Waals surface area contributed by atoms with Crippen molar-refractivity contribution >= 4 is 11.8 Å². The van der Waals surface area contributed by atoms with E-state index in [0.29, 0.717) is 30.4 Å². The van der Waals surface area contributed by atoms with Gasteiger partial charge in [0.2, 0.25) is 0 Å². The molecule has 2 heterocycles. The normalized spacial score (nSPS) is 19.7. The quantitative estimate of drug-likeness (QED) is 0.890. The van der Waals surface area contributed by atoms with Gasteiger partial charge in [0, 0.05) is 30.8 Å². The molecule has 7 heteroatoms. The van der Waals surface area contributed by atoms with Crippen molar-refractivity contribution in [3.05, 3.63) is 41.9 Å². The molecule has 3 rings (SSSR count). The van der Waals surface area contributed by atoms with Crippen LogP contribution in [0, 0.1) is 12.8 Å². The molecule has 25 heavy (non-hydrogen) atoms. The number of rotatable bonds is 5. The number of aromatic nitrogens is 2. The SMILES string of the molecule is COc1cccc([C@H]2CN(c3ccnc(C)n3)C[C@@H]2C(=O)O)c1OC. The van der Waals surface area contributed by atoms with Crippen LogP contribution in [0.2, 0.25) is 0 Å². The summed E-state index contributed by atoms with van der Waals surface area (Å²) in [4.78, 5) is 22.4. The molecule has 0 aliphatic carbocycles. The van der Waals surface area contributed by atoms with Crippen molar-refractivity contribution in [3.63, 3.8) is 0 Å². The Labute approximate surface area is 146 Å². The van der Waals surface area contributed by atoms with Crippen LogP contribution in [0.3, 0.4) is 0 Å². The number of carboxylic acids is 1. The highest BCUT2D eigenvalue weighted by Crippen LogP contribution is 2.42. The van der Waals surface area contributed by atoms with Gasteiger partial charge in [0.25, 0.3) is 0 Å². The molecule has 132 valence electrons. The van der Waals surface area contributed by atoms with Crippen LogP contribution < -0.4 is 14.4 Å². The Morgan fingerprint density at radius 2 is 2.04 bits per heavy atom. The van der Waals surface area contributed by atoms with Crippen LogP contribution in [0.5, 0.6) is 11.5 Å². The highest BCUT2D eigenvalue weighted by molar-refractivity contribution is 5.74. The maximum atomic E-state index is 11.9. The molecule has 1 aliphatic rings. The molecule has 2 aromatic rings. The van der Waals surface area contributed by atoms with Gasteiger partial charge in [-0.05, 0) is 19.1 Å². The van der Waals surface area contributed by atoms with E-state index in [1.807, 2.05) is 24.0 Å². The molecular weight excluding hydrogens is 322 g/mol. The van der Waals surface area contributed by atoms with Gasteiger partial charge < -0.3 is 19.5 Å². The number of carbonyl (C=O) groups is 1. The summed E-state index contributed by atoms with van der Waals surface area (Å²) in [7, 11) is 3.14. The molecule has 1 N–H and O–H groups in total. The van der Waals surface area contributed by atoms with Crippen molar-refractivity contribution in [2.75, 3.05) is 32.2 Å². The Morgan fingerprint density at radius 1 is 1.24 bits per heavy atom. The Hall–Kier alpha value is -2.83. The van der Waals surface area contributed by atoms with Gasteiger partial charge in [-0.1, -0.05) is 12.1 Å². The summed E-state index contributed by atoms with van der Waals surface area (Å²) in [6.45, 7) is 2.74. The fourth-order valence-corrected chi connectivity index (χ4v) is 3.38. The van der Waals surface area contributed by atoms with Crippen molar-refractivity contribution in [2.45, 2.75) is 12.8 Å². The van der Waals surface area contributed by atoms with E-state index in [-0.39, 0.29) is 5.92 Å². The van der Waals surface area contributed by atoms with Crippen LogP contribution in [0.4, 0.5) is 5.82 Å². The molecule has 1 fully saturated rings. The maximum Gasteiger partial charge on any atom is 0.308 e. The third kappa shape index (κ3) is 3.22. The van der Waals surface area contributed by atoms with E-state index in [4.69, 9.17) is 9.47 Å². The second-order valence-corrected chi connectivity index (χ2v) is 6.00. The first-order valence-corrected chi connectivity index (χ1v) is 8.03. The Bertz CT molecular complexity index is 781. The van der Waals surface area contributed by atoms with E-state index >= 15 is 0 Å². The highest BCUT2D eigenvalue weighted by atomic mass is 16.5. The number of aryl methyl sites for hydroxylation is 1. The molecule has 0 spiro atoms. The molecule has 0 saturated carbocycles. The van der Waals surface area contributed by atoms with Crippen molar-refractivity contribution < 1.29 is 19.4 Å². The van der Waals surface area contributed by atoms with E-state index in [1.165, 1.54) is 0 Å². The minimum Gasteiger partial charge on any atom is -0.493 e. The predicted octanol–water partition coefficient (Wildman–Crippen LogP) is 2.11. The molecule has 0 amide bonds. The summed E-state index contributed by atoms with van der Waals surface area (Å²) >= 11 is 0. The number of aliphatic carboxylic acids is 1. The molecule has 1 aromatic heterocycles. The lowest BCUT2D eigenvalue weighted by molar-refractivity contribution is -0.141. The Morgan fingerprint density at radius 3 is 2.68 bits per heavy atom. The molecule has 1 saturated heterocycles. The second-order valence-electron chi connectivity index (χ2n) is 6.00. The predicted molar refractivity (Wildman–Crippen MR) is 92.4 cm³/mol. The first-order chi connectivity index (χ1) is 12.0. The van der Waals surface area contributed by atoms with Gasteiger partial charge in [-0.2, -0.15) is 0 Å². The van der Waals surface area contributed by atoms with Gasteiger partial charge in [0.1, 0.15) is 11.6 Å². The van der Waals surface area contributed by atoms with Crippen LogP contribution >= 0.6 is 0 Å². The summed E-state index contributed by atoms with van der Waals surface area (Å²) in [5, 5.41) is 9.72. The van der Waals surface area contributed by atoms with E-state index < -0.39 is 11.9 Å². The summed E-state index contributed by atoms with van der Waals surface area (Å²) < 4.78 is 10.9. The van der Waals surface area contributed by atoms with Gasteiger partial charge in [-0.3, -0.25) is 4.79 Å². The first kappa shape index (κ1) is 17.0. The molecule has 0 radical (unpaired) electrons. The molecule has 1 aliphatic heterocycles. The number of ether oxygens (including phenoxy) is 2. The van der Waals surface area contributed by atoms with Crippen LogP contribution in [-0.2, 0) is 4.79 Å². The third-order valence-electron chi connectivity index (χ3n) is 4.56. The lowest BCUT2D eigenvalue weighted by Crippen LogP contribution is -2.24. The molecule has 0 unspecified atom stereocenters. The average Bonchev–Trinajstić information content (AvgIpc) is 3.06. The van der Waals surface area contributed by atoms with E-state index in [9.17, 15) is 9.90 Å². The number of hydrogen-bond acceptors (Lipinski definition) is 6. The van der Waals surface area contributed by atoms with Crippen LogP contribution in [0.25, 0.3) is 0 Å². The maximum absolute atomic E-state index is 11.9. The number of benzene rings is 1. The first-order valence-electron chi connectivity index (χ1n) is 8.03. The Balaban J connectivity index is 1.99. The van der Waals surface area contributed by atoms with Crippen LogP contribution in [-0.4, -0.2) is 48.4 Å². The van der Waals surface area contributed by atoms with E-state index in [1.54, 1.807) is 32.5 Å². The van der Waals surface area contributed by atoms with E-state index in [0.717, 1.165) is 11.4 Å². The van der Waals surface area contributed by atoms with Gasteiger partial charge >= 0.3 is 5.97 Å². The number of methoxy groups -OCH3 is 2. The summed E-state index contributed by atoms with van der Waals surface area (Å²) in [5.74, 6) is 0.967. The smallest absolute Gasteiger partial charge is 0.308 e. The fraction of sp³-hybridized carbons (Fsp3) is 0.389. The summed E-state index contributed by atoms with van der Waals surface area (Å²) in [5.41, 5.74) is 0.836. The van der Waals surface area contributed by atoms with Gasteiger partial charge in [-0.25, -0.2) is 9.97 Å². The van der Waals surface area contributed by atoms with Gasteiger partial charge in [0.05, 0.1) is 20.1 Å². The molecule has 7 nitrogen and oxygen atoms in total. The molecule has 2 atom stereocenters. The van der Waals surface area contributed by atoms with Gasteiger partial charge in [-0.15, -0.1) is 0 Å². The fourth-order valence-electron chi connectivity index (χ4n) is 3.38. The lowest BCUT2D eigenvalue weighted by Gasteiger charge is -2.20. The molecular formula is C18H21N3O4. The average molecular weight is 343 g/mol. The lowest BCUT2D eigenvalue weighted by atomic mass is 9.88. The summed E-state index contributed by atoms with van der Waals surface area (Å²) in [6, 6.07) is 7.36. The second kappa shape index (κ2) is 6.96. The van der Waals surface area contributed by atoms with Crippen molar-refractivity contribution in [1.82, 2.24) is 9.97 Å². The minimum absolute atomic E-state index is 0.224. The van der Waals surface area contributed by atoms with E-state index in [2.05, 4.69) is 9.97 Å². The highest BCUT2D eigenvalue weighted by Gasteiger charge is 2.40. The number of carboxylic acid groups (broad SMARTS) is 1. The molecule has 0 bridgehead atoms. The van der Waals surface area contributed by atoms with Crippen molar-refractivity contribution in [3.8, 4) is 11.5 Å². The van der Waals surface area contributed by atoms with Crippen molar-refractivity contribution in [1.29, 1.82) is 0 Å². The number of hydrogen-bond donors (Lipinski definition) is 1. The third-order valence-corrected chi connectivity index (χ3v) is 4.56. The summed E-state index contributed by atoms with van der Waals surface area (Å²) in [6.07, 6.45) is 1.69. The largest absolute Gasteiger partial charge is 0.493 e. The topological polar surface area (TPSA) is 84.8 Å². The number of anilines is 1. The standard InChI is InChI=1S/C18H21N3O4/c1-11-19-8-7-16(20-11)21-9-13(14(10-21)18(22)23)12-5-4-6-15(24-2)17(12)25-3/h4-8,13-14H,9-10H2,1-3H3,(H,22,23)/t13-,14+/m1/s1. The van der Waals surface area contributed by atoms with Crippen LogP contribution in [0.15, 0.2) is 30.5 Å². The zero-order valence-corrected chi connectivity index (χ0v) is 14.5. The van der Waals surface area contributed by atoms with Crippen molar-refractivity contribution in [2.24, 2.45) is 5.92 Å².